The molecule has 0 unspecified atom stereocenters. The molecule has 30 heavy (non-hydrogen) atoms. The standard InChI is InChI=1S/C25H29ClN2O2/c1-25(2,19-26)24(29)28(16-20-9-5-4-6-10-20)18-22-12-8-14-27(22)17-21-11-7-13-23(15-21)30-3/h4-15H,16-19H2,1-3H3. The van der Waals surface area contributed by atoms with Crippen molar-refractivity contribution < 1.29 is 9.53 Å². The number of carbonyl (C=O) groups is 1. The summed E-state index contributed by atoms with van der Waals surface area (Å²) < 4.78 is 7.52. The number of methoxy groups -OCH3 is 1. The van der Waals surface area contributed by atoms with Gasteiger partial charge >= 0.3 is 0 Å². The lowest BCUT2D eigenvalue weighted by Crippen LogP contribution is -2.41. The van der Waals surface area contributed by atoms with Crippen molar-refractivity contribution in [2.45, 2.75) is 33.5 Å². The van der Waals surface area contributed by atoms with Crippen molar-refractivity contribution in [3.8, 4) is 5.75 Å². The Morgan fingerprint density at radius 2 is 1.73 bits per heavy atom. The van der Waals surface area contributed by atoms with Crippen LogP contribution in [0.5, 0.6) is 5.75 Å². The second kappa shape index (κ2) is 9.86. The fraction of sp³-hybridized carbons (Fsp3) is 0.320. The molecule has 0 saturated heterocycles. The van der Waals surface area contributed by atoms with Crippen LogP contribution >= 0.6 is 11.6 Å². The molecule has 0 bridgehead atoms. The largest absolute Gasteiger partial charge is 0.497 e. The summed E-state index contributed by atoms with van der Waals surface area (Å²) in [5.41, 5.74) is 2.70. The summed E-state index contributed by atoms with van der Waals surface area (Å²) in [5.74, 6) is 1.17. The minimum absolute atomic E-state index is 0.0514. The Bertz CT molecular complexity index is 966. The van der Waals surface area contributed by atoms with Gasteiger partial charge in [-0.1, -0.05) is 42.5 Å². The van der Waals surface area contributed by atoms with Gasteiger partial charge in [0.15, 0.2) is 0 Å². The number of amides is 1. The zero-order valence-electron chi connectivity index (χ0n) is 17.8. The molecule has 2 aromatic carbocycles. The van der Waals surface area contributed by atoms with Crippen LogP contribution < -0.4 is 4.74 Å². The molecule has 0 atom stereocenters. The van der Waals surface area contributed by atoms with E-state index in [0.29, 0.717) is 19.6 Å². The van der Waals surface area contributed by atoms with E-state index in [1.54, 1.807) is 7.11 Å². The number of hydrogen-bond donors (Lipinski definition) is 0. The van der Waals surface area contributed by atoms with Gasteiger partial charge in [-0.2, -0.15) is 0 Å². The number of carbonyl (C=O) groups excluding carboxylic acids is 1. The molecular formula is C25H29ClN2O2. The van der Waals surface area contributed by atoms with Crippen molar-refractivity contribution in [1.82, 2.24) is 9.47 Å². The van der Waals surface area contributed by atoms with Gasteiger partial charge in [-0.3, -0.25) is 4.79 Å². The first-order valence-electron chi connectivity index (χ1n) is 10.1. The average molecular weight is 425 g/mol. The van der Waals surface area contributed by atoms with Crippen LogP contribution in [0.3, 0.4) is 0 Å². The Labute approximate surface area is 184 Å². The van der Waals surface area contributed by atoms with Crippen molar-refractivity contribution in [2.75, 3.05) is 13.0 Å². The zero-order valence-corrected chi connectivity index (χ0v) is 18.6. The molecule has 1 amide bonds. The van der Waals surface area contributed by atoms with Crippen LogP contribution in [0.1, 0.15) is 30.7 Å². The number of alkyl halides is 1. The SMILES string of the molecule is COc1cccc(Cn2cccc2CN(Cc2ccccc2)C(=O)C(C)(C)CCl)c1. The Morgan fingerprint density at radius 3 is 2.43 bits per heavy atom. The molecule has 0 aliphatic rings. The van der Waals surface area contributed by atoms with Crippen LogP contribution in [0, 0.1) is 5.41 Å². The van der Waals surface area contributed by atoms with Crippen LogP contribution in [0.25, 0.3) is 0 Å². The van der Waals surface area contributed by atoms with Gasteiger partial charge in [-0.05, 0) is 49.2 Å². The third kappa shape index (κ3) is 5.45. The summed E-state index contributed by atoms with van der Waals surface area (Å²) in [5, 5.41) is 0. The molecule has 0 radical (unpaired) electrons. The van der Waals surface area contributed by atoms with Crippen LogP contribution in [-0.2, 0) is 24.4 Å². The van der Waals surface area contributed by atoms with Gasteiger partial charge in [0.05, 0.1) is 19.1 Å². The molecule has 0 spiro atoms. The molecule has 0 fully saturated rings. The summed E-state index contributed by atoms with van der Waals surface area (Å²) in [4.78, 5) is 15.2. The second-order valence-electron chi connectivity index (χ2n) is 8.14. The summed E-state index contributed by atoms with van der Waals surface area (Å²) in [6, 6.07) is 22.2. The maximum atomic E-state index is 13.3. The van der Waals surface area contributed by atoms with Crippen LogP contribution in [0.2, 0.25) is 0 Å². The number of hydrogen-bond acceptors (Lipinski definition) is 2. The Hall–Kier alpha value is -2.72. The zero-order chi connectivity index (χ0) is 21.6. The molecule has 158 valence electrons. The average Bonchev–Trinajstić information content (AvgIpc) is 3.20. The molecule has 0 saturated carbocycles. The number of halogens is 1. The van der Waals surface area contributed by atoms with Crippen molar-refractivity contribution in [2.24, 2.45) is 5.41 Å². The lowest BCUT2D eigenvalue weighted by Gasteiger charge is -2.31. The topological polar surface area (TPSA) is 34.5 Å². The highest BCUT2D eigenvalue weighted by molar-refractivity contribution is 6.19. The third-order valence-electron chi connectivity index (χ3n) is 5.18. The van der Waals surface area contributed by atoms with E-state index in [9.17, 15) is 4.79 Å². The van der Waals surface area contributed by atoms with Crippen LogP contribution in [0.4, 0.5) is 0 Å². The number of benzene rings is 2. The van der Waals surface area contributed by atoms with E-state index in [-0.39, 0.29) is 11.8 Å². The lowest BCUT2D eigenvalue weighted by atomic mass is 9.94. The van der Waals surface area contributed by atoms with Gasteiger partial charge in [0, 0.05) is 30.9 Å². The molecule has 0 N–H and O–H groups in total. The maximum absolute atomic E-state index is 13.3. The summed E-state index contributed by atoms with van der Waals surface area (Å²) in [7, 11) is 1.67. The Morgan fingerprint density at radius 1 is 1.00 bits per heavy atom. The maximum Gasteiger partial charge on any atom is 0.230 e. The predicted molar refractivity (Wildman–Crippen MR) is 122 cm³/mol. The first-order chi connectivity index (χ1) is 14.4. The smallest absolute Gasteiger partial charge is 0.230 e. The first-order valence-corrected chi connectivity index (χ1v) is 10.6. The molecule has 4 nitrogen and oxygen atoms in total. The van der Waals surface area contributed by atoms with E-state index in [1.165, 1.54) is 0 Å². The highest BCUT2D eigenvalue weighted by Crippen LogP contribution is 2.24. The monoisotopic (exact) mass is 424 g/mol. The van der Waals surface area contributed by atoms with E-state index >= 15 is 0 Å². The minimum Gasteiger partial charge on any atom is -0.497 e. The number of nitrogens with zero attached hydrogens (tertiary/aromatic N) is 2. The third-order valence-corrected chi connectivity index (χ3v) is 5.85. The fourth-order valence-corrected chi connectivity index (χ4v) is 3.51. The van der Waals surface area contributed by atoms with Gasteiger partial charge in [-0.15, -0.1) is 11.6 Å². The summed E-state index contributed by atoms with van der Waals surface area (Å²) in [6.07, 6.45) is 2.05. The van der Waals surface area contributed by atoms with Gasteiger partial charge in [-0.25, -0.2) is 0 Å². The first kappa shape index (κ1) is 22.0. The van der Waals surface area contributed by atoms with E-state index in [4.69, 9.17) is 16.3 Å². The quantitative estimate of drug-likeness (QED) is 0.434. The van der Waals surface area contributed by atoms with Gasteiger partial charge in [0.1, 0.15) is 5.75 Å². The molecule has 0 aliphatic heterocycles. The van der Waals surface area contributed by atoms with Crippen LogP contribution in [-0.4, -0.2) is 28.4 Å². The molecule has 3 aromatic rings. The highest BCUT2D eigenvalue weighted by atomic mass is 35.5. The number of rotatable bonds is 9. The minimum atomic E-state index is -0.624. The van der Waals surface area contributed by atoms with Crippen molar-refractivity contribution >= 4 is 17.5 Å². The van der Waals surface area contributed by atoms with E-state index in [1.807, 2.05) is 79.5 Å². The summed E-state index contributed by atoms with van der Waals surface area (Å²) >= 11 is 6.12. The van der Waals surface area contributed by atoms with E-state index in [2.05, 4.69) is 16.7 Å². The van der Waals surface area contributed by atoms with Crippen molar-refractivity contribution in [3.63, 3.8) is 0 Å². The van der Waals surface area contributed by atoms with Gasteiger partial charge in [0.2, 0.25) is 5.91 Å². The molecule has 1 aromatic heterocycles. The fourth-order valence-electron chi connectivity index (χ4n) is 3.40. The second-order valence-corrected chi connectivity index (χ2v) is 8.41. The van der Waals surface area contributed by atoms with Crippen LogP contribution in [0.15, 0.2) is 72.9 Å². The number of aromatic nitrogens is 1. The van der Waals surface area contributed by atoms with Gasteiger partial charge in [0.25, 0.3) is 0 Å². The molecule has 0 aliphatic carbocycles. The predicted octanol–water partition coefficient (Wildman–Crippen LogP) is 5.34. The Kier molecular flexibility index (Phi) is 7.22. The Balaban J connectivity index is 1.84. The summed E-state index contributed by atoms with van der Waals surface area (Å²) in [6.45, 7) is 5.58. The lowest BCUT2D eigenvalue weighted by molar-refractivity contribution is -0.140. The van der Waals surface area contributed by atoms with Crippen molar-refractivity contribution in [3.05, 3.63) is 89.7 Å². The normalized spacial score (nSPS) is 11.3. The van der Waals surface area contributed by atoms with E-state index < -0.39 is 5.41 Å². The van der Waals surface area contributed by atoms with Gasteiger partial charge < -0.3 is 14.2 Å². The van der Waals surface area contributed by atoms with E-state index in [0.717, 1.165) is 22.6 Å². The highest BCUT2D eigenvalue weighted by Gasteiger charge is 2.31. The molecule has 1 heterocycles. The van der Waals surface area contributed by atoms with Crippen molar-refractivity contribution in [1.29, 1.82) is 0 Å². The molecular weight excluding hydrogens is 396 g/mol. The molecule has 3 rings (SSSR count). The molecule has 5 heteroatoms. The number of ether oxygens (including phenoxy) is 1.